The van der Waals surface area contributed by atoms with Crippen LogP contribution in [0.5, 0.6) is 0 Å². The summed E-state index contributed by atoms with van der Waals surface area (Å²) in [5, 5.41) is 11.5. The maximum Gasteiger partial charge on any atom is 0.255 e. The first-order chi connectivity index (χ1) is 9.51. The molecule has 0 unspecified atom stereocenters. The molecule has 3 N–H and O–H groups in total. The molecule has 4 nitrogen and oxygen atoms in total. The lowest BCUT2D eigenvalue weighted by Gasteiger charge is -2.09. The van der Waals surface area contributed by atoms with E-state index < -0.39 is 0 Å². The van der Waals surface area contributed by atoms with E-state index in [1.807, 2.05) is 19.1 Å². The van der Waals surface area contributed by atoms with E-state index in [2.05, 4.69) is 21.2 Å². The number of nitriles is 1. The molecule has 0 aliphatic heterocycles. The van der Waals surface area contributed by atoms with E-state index in [1.165, 1.54) is 6.07 Å². The van der Waals surface area contributed by atoms with Gasteiger partial charge in [-0.05, 0) is 42.8 Å². The van der Waals surface area contributed by atoms with Crippen LogP contribution in [-0.4, -0.2) is 5.91 Å². The number of benzene rings is 2. The number of nitrogens with one attached hydrogen (secondary N) is 1. The summed E-state index contributed by atoms with van der Waals surface area (Å²) in [4.78, 5) is 12.1. The summed E-state index contributed by atoms with van der Waals surface area (Å²) in [6.45, 7) is 1.95. The number of amides is 1. The van der Waals surface area contributed by atoms with Gasteiger partial charge in [0.25, 0.3) is 5.91 Å². The lowest BCUT2D eigenvalue weighted by molar-refractivity contribution is 0.102. The summed E-state index contributed by atoms with van der Waals surface area (Å²) in [5.41, 5.74) is 8.70. The van der Waals surface area contributed by atoms with Gasteiger partial charge in [0, 0.05) is 10.0 Å². The molecule has 2 rings (SSSR count). The average Bonchev–Trinajstić information content (AvgIpc) is 2.43. The quantitative estimate of drug-likeness (QED) is 0.828. The SMILES string of the molecule is Cc1ccc(C(=O)Nc2ccc(C#N)cc2N)cc1Br. The zero-order valence-electron chi connectivity index (χ0n) is 10.8. The number of nitrogens with zero attached hydrogens (tertiary/aromatic N) is 1. The topological polar surface area (TPSA) is 78.9 Å². The molecular formula is C15H12BrN3O. The smallest absolute Gasteiger partial charge is 0.255 e. The van der Waals surface area contributed by atoms with E-state index >= 15 is 0 Å². The molecule has 0 atom stereocenters. The van der Waals surface area contributed by atoms with Crippen LogP contribution >= 0.6 is 15.9 Å². The van der Waals surface area contributed by atoms with Crippen molar-refractivity contribution in [2.24, 2.45) is 0 Å². The van der Waals surface area contributed by atoms with Crippen LogP contribution in [0, 0.1) is 18.3 Å². The van der Waals surface area contributed by atoms with Gasteiger partial charge < -0.3 is 11.1 Å². The molecule has 2 aromatic rings. The van der Waals surface area contributed by atoms with E-state index in [-0.39, 0.29) is 5.91 Å². The van der Waals surface area contributed by atoms with E-state index in [4.69, 9.17) is 11.0 Å². The molecule has 0 radical (unpaired) electrons. The second-order valence-electron chi connectivity index (χ2n) is 4.33. The van der Waals surface area contributed by atoms with Crippen molar-refractivity contribution in [3.8, 4) is 6.07 Å². The molecule has 0 aromatic heterocycles. The number of hydrogen-bond donors (Lipinski definition) is 2. The third-order valence-corrected chi connectivity index (χ3v) is 3.72. The molecule has 100 valence electrons. The maximum absolute atomic E-state index is 12.1. The Balaban J connectivity index is 2.23. The molecule has 0 spiro atoms. The largest absolute Gasteiger partial charge is 0.397 e. The molecular weight excluding hydrogens is 318 g/mol. The first-order valence-electron chi connectivity index (χ1n) is 5.88. The molecule has 0 saturated heterocycles. The fourth-order valence-corrected chi connectivity index (χ4v) is 2.05. The minimum absolute atomic E-state index is 0.248. The van der Waals surface area contributed by atoms with Crippen LogP contribution in [0.4, 0.5) is 11.4 Å². The van der Waals surface area contributed by atoms with Crippen LogP contribution in [0.3, 0.4) is 0 Å². The van der Waals surface area contributed by atoms with E-state index in [1.54, 1.807) is 24.3 Å². The van der Waals surface area contributed by atoms with Gasteiger partial charge >= 0.3 is 0 Å². The monoisotopic (exact) mass is 329 g/mol. The lowest BCUT2D eigenvalue weighted by Crippen LogP contribution is -2.13. The highest BCUT2D eigenvalue weighted by atomic mass is 79.9. The van der Waals surface area contributed by atoms with Crippen molar-refractivity contribution >= 4 is 33.2 Å². The molecule has 0 bridgehead atoms. The summed E-state index contributed by atoms with van der Waals surface area (Å²) in [5.74, 6) is -0.248. The second-order valence-corrected chi connectivity index (χ2v) is 5.19. The number of rotatable bonds is 2. The van der Waals surface area contributed by atoms with Gasteiger partial charge in [0.2, 0.25) is 0 Å². The standard InChI is InChI=1S/C15H12BrN3O/c1-9-2-4-11(7-12(9)16)15(20)19-14-5-3-10(8-17)6-13(14)18/h2-7H,18H2,1H3,(H,19,20). The van der Waals surface area contributed by atoms with Gasteiger partial charge in [-0.3, -0.25) is 4.79 Å². The van der Waals surface area contributed by atoms with Crippen LogP contribution in [0.1, 0.15) is 21.5 Å². The highest BCUT2D eigenvalue weighted by Crippen LogP contribution is 2.22. The molecule has 0 fully saturated rings. The van der Waals surface area contributed by atoms with Crippen molar-refractivity contribution in [2.75, 3.05) is 11.1 Å². The van der Waals surface area contributed by atoms with E-state index in [0.29, 0.717) is 22.5 Å². The second kappa shape index (κ2) is 5.76. The van der Waals surface area contributed by atoms with E-state index in [0.717, 1.165) is 10.0 Å². The van der Waals surface area contributed by atoms with Crippen molar-refractivity contribution in [1.82, 2.24) is 0 Å². The number of carbonyl (C=O) groups excluding carboxylic acids is 1. The third-order valence-electron chi connectivity index (χ3n) is 2.86. The van der Waals surface area contributed by atoms with Gasteiger partial charge in [0.1, 0.15) is 0 Å². The number of anilines is 2. The van der Waals surface area contributed by atoms with Gasteiger partial charge in [-0.25, -0.2) is 0 Å². The number of aryl methyl sites for hydroxylation is 1. The summed E-state index contributed by atoms with van der Waals surface area (Å²) < 4.78 is 0.873. The molecule has 2 aromatic carbocycles. The zero-order valence-corrected chi connectivity index (χ0v) is 12.4. The molecule has 0 aliphatic rings. The molecule has 0 saturated carbocycles. The summed E-state index contributed by atoms with van der Waals surface area (Å²) in [7, 11) is 0. The first-order valence-corrected chi connectivity index (χ1v) is 6.67. The normalized spacial score (nSPS) is 9.85. The fourth-order valence-electron chi connectivity index (χ4n) is 1.67. The van der Waals surface area contributed by atoms with Crippen LogP contribution in [0.25, 0.3) is 0 Å². The third kappa shape index (κ3) is 2.98. The van der Waals surface area contributed by atoms with E-state index in [9.17, 15) is 4.79 Å². The van der Waals surface area contributed by atoms with Crippen LogP contribution in [-0.2, 0) is 0 Å². The van der Waals surface area contributed by atoms with Gasteiger partial charge in [-0.1, -0.05) is 22.0 Å². The van der Waals surface area contributed by atoms with Crippen molar-refractivity contribution in [2.45, 2.75) is 6.92 Å². The predicted octanol–water partition coefficient (Wildman–Crippen LogP) is 3.46. The Morgan fingerprint density at radius 1 is 1.30 bits per heavy atom. The summed E-state index contributed by atoms with van der Waals surface area (Å²) >= 11 is 3.39. The summed E-state index contributed by atoms with van der Waals surface area (Å²) in [6, 6.07) is 12.1. The molecule has 20 heavy (non-hydrogen) atoms. The predicted molar refractivity (Wildman–Crippen MR) is 82.4 cm³/mol. The lowest BCUT2D eigenvalue weighted by atomic mass is 10.1. The molecule has 0 heterocycles. The van der Waals surface area contributed by atoms with Crippen LogP contribution < -0.4 is 11.1 Å². The molecule has 0 aliphatic carbocycles. The maximum atomic E-state index is 12.1. The van der Waals surface area contributed by atoms with Gasteiger partial charge in [0.05, 0.1) is 23.0 Å². The Hall–Kier alpha value is -2.32. The van der Waals surface area contributed by atoms with Crippen molar-refractivity contribution in [3.63, 3.8) is 0 Å². The number of nitrogens with two attached hydrogens (primary N) is 1. The van der Waals surface area contributed by atoms with Gasteiger partial charge in [-0.2, -0.15) is 5.26 Å². The number of carbonyl (C=O) groups is 1. The fraction of sp³-hybridized carbons (Fsp3) is 0.0667. The minimum Gasteiger partial charge on any atom is -0.397 e. The first kappa shape index (κ1) is 14.1. The Morgan fingerprint density at radius 3 is 2.65 bits per heavy atom. The van der Waals surface area contributed by atoms with Crippen molar-refractivity contribution < 1.29 is 4.79 Å². The van der Waals surface area contributed by atoms with Crippen molar-refractivity contribution in [1.29, 1.82) is 5.26 Å². The zero-order chi connectivity index (χ0) is 14.7. The number of halogens is 1. The molecule has 5 heteroatoms. The van der Waals surface area contributed by atoms with Gasteiger partial charge in [-0.15, -0.1) is 0 Å². The van der Waals surface area contributed by atoms with Crippen molar-refractivity contribution in [3.05, 3.63) is 57.6 Å². The Kier molecular flexibility index (Phi) is 4.06. The Morgan fingerprint density at radius 2 is 2.05 bits per heavy atom. The molecule has 1 amide bonds. The minimum atomic E-state index is -0.248. The average molecular weight is 330 g/mol. The summed E-state index contributed by atoms with van der Waals surface area (Å²) in [6.07, 6.45) is 0. The van der Waals surface area contributed by atoms with Gasteiger partial charge in [0.15, 0.2) is 0 Å². The highest BCUT2D eigenvalue weighted by molar-refractivity contribution is 9.10. The number of nitrogen functional groups attached to an aromatic ring is 1. The van der Waals surface area contributed by atoms with Crippen LogP contribution in [0.2, 0.25) is 0 Å². The number of hydrogen-bond acceptors (Lipinski definition) is 3. The van der Waals surface area contributed by atoms with Crippen LogP contribution in [0.15, 0.2) is 40.9 Å². The highest BCUT2D eigenvalue weighted by Gasteiger charge is 2.09. The Labute approximate surface area is 125 Å². The Bertz CT molecular complexity index is 720.